The summed E-state index contributed by atoms with van der Waals surface area (Å²) < 4.78 is 5.63. The maximum atomic E-state index is 5.75. The van der Waals surface area contributed by atoms with Gasteiger partial charge in [0, 0.05) is 6.54 Å². The van der Waals surface area contributed by atoms with Crippen molar-refractivity contribution in [2.75, 3.05) is 13.2 Å². The molecule has 20 heavy (non-hydrogen) atoms. The Kier molecular flexibility index (Phi) is 6.64. The van der Waals surface area contributed by atoms with Crippen LogP contribution in [0.1, 0.15) is 26.3 Å². The normalized spacial score (nSPS) is 11.5. The van der Waals surface area contributed by atoms with Crippen molar-refractivity contribution in [1.82, 2.24) is 5.32 Å². The van der Waals surface area contributed by atoms with Crippen LogP contribution in [0, 0.1) is 5.92 Å². The van der Waals surface area contributed by atoms with Crippen LogP contribution in [0.15, 0.2) is 41.4 Å². The third kappa shape index (κ3) is 6.83. The molecule has 0 spiro atoms. The van der Waals surface area contributed by atoms with Crippen LogP contribution in [0.4, 0.5) is 0 Å². The fourth-order valence-corrected chi connectivity index (χ4v) is 1.43. The minimum atomic E-state index is 0.438. The molecule has 0 aromatic heterocycles. The van der Waals surface area contributed by atoms with Crippen molar-refractivity contribution in [3.8, 4) is 5.75 Å². The van der Waals surface area contributed by atoms with Crippen molar-refractivity contribution in [1.29, 1.82) is 0 Å². The molecule has 0 aliphatic carbocycles. The molecule has 0 aliphatic rings. The molecule has 0 bridgehead atoms. The van der Waals surface area contributed by atoms with E-state index in [9.17, 15) is 0 Å². The average molecular weight is 275 g/mol. The number of aliphatic imine (C=N–C) groups is 1. The fourth-order valence-electron chi connectivity index (χ4n) is 1.43. The number of guanidine groups is 1. The van der Waals surface area contributed by atoms with Gasteiger partial charge in [0.25, 0.3) is 0 Å². The predicted octanol–water partition coefficient (Wildman–Crippen LogP) is 2.70. The Morgan fingerprint density at radius 1 is 1.35 bits per heavy atom. The molecule has 0 heterocycles. The summed E-state index contributed by atoms with van der Waals surface area (Å²) in [5.41, 5.74) is 7.88. The Balaban J connectivity index is 2.44. The van der Waals surface area contributed by atoms with E-state index in [1.807, 2.05) is 31.2 Å². The summed E-state index contributed by atoms with van der Waals surface area (Å²) in [6.07, 6.45) is 0. The number of benzene rings is 1. The molecule has 1 aromatic rings. The number of rotatable bonds is 7. The van der Waals surface area contributed by atoms with Gasteiger partial charge in [0.2, 0.25) is 0 Å². The standard InChI is InChI=1S/C16H25N3O/c1-12(2)9-18-16(17)19-10-14-5-7-15(8-6-14)20-11-13(3)4/h5-8,13H,1,9-11H2,2-4H3,(H3,17,18,19). The van der Waals surface area contributed by atoms with Crippen molar-refractivity contribution >= 4 is 5.96 Å². The summed E-state index contributed by atoms with van der Waals surface area (Å²) in [6, 6.07) is 7.94. The monoisotopic (exact) mass is 275 g/mol. The van der Waals surface area contributed by atoms with Gasteiger partial charge in [-0.25, -0.2) is 4.99 Å². The van der Waals surface area contributed by atoms with Crippen LogP contribution in [0.5, 0.6) is 5.75 Å². The first kappa shape index (κ1) is 16.1. The fraction of sp³-hybridized carbons (Fsp3) is 0.438. The van der Waals surface area contributed by atoms with Gasteiger partial charge in [-0.15, -0.1) is 0 Å². The molecule has 0 unspecified atom stereocenters. The van der Waals surface area contributed by atoms with Crippen LogP contribution in [0.2, 0.25) is 0 Å². The van der Waals surface area contributed by atoms with E-state index in [-0.39, 0.29) is 0 Å². The second-order valence-electron chi connectivity index (χ2n) is 5.36. The maximum Gasteiger partial charge on any atom is 0.189 e. The second-order valence-corrected chi connectivity index (χ2v) is 5.36. The van der Waals surface area contributed by atoms with E-state index in [0.29, 0.717) is 25.0 Å². The minimum Gasteiger partial charge on any atom is -0.493 e. The number of hydrogen-bond acceptors (Lipinski definition) is 2. The van der Waals surface area contributed by atoms with E-state index in [0.717, 1.165) is 23.5 Å². The number of nitrogens with two attached hydrogens (primary N) is 1. The van der Waals surface area contributed by atoms with E-state index in [4.69, 9.17) is 10.5 Å². The number of ether oxygens (including phenoxy) is 1. The molecule has 0 saturated heterocycles. The Labute approximate surface area is 121 Å². The number of nitrogens with zero attached hydrogens (tertiary/aromatic N) is 1. The molecule has 0 atom stereocenters. The molecule has 4 nitrogen and oxygen atoms in total. The maximum absolute atomic E-state index is 5.75. The molecule has 0 aliphatic heterocycles. The topological polar surface area (TPSA) is 59.6 Å². The number of nitrogens with one attached hydrogen (secondary N) is 1. The lowest BCUT2D eigenvalue weighted by atomic mass is 10.2. The van der Waals surface area contributed by atoms with Gasteiger partial charge in [-0.1, -0.05) is 38.1 Å². The van der Waals surface area contributed by atoms with E-state index >= 15 is 0 Å². The first-order valence-corrected chi connectivity index (χ1v) is 6.87. The van der Waals surface area contributed by atoms with Gasteiger partial charge in [0.15, 0.2) is 5.96 Å². The smallest absolute Gasteiger partial charge is 0.189 e. The van der Waals surface area contributed by atoms with Gasteiger partial charge in [-0.3, -0.25) is 0 Å². The highest BCUT2D eigenvalue weighted by Gasteiger charge is 1.98. The third-order valence-corrected chi connectivity index (χ3v) is 2.51. The first-order chi connectivity index (χ1) is 9.47. The molecule has 0 fully saturated rings. The molecule has 0 radical (unpaired) electrons. The van der Waals surface area contributed by atoms with E-state index < -0.39 is 0 Å². The van der Waals surface area contributed by atoms with Gasteiger partial charge in [-0.2, -0.15) is 0 Å². The Morgan fingerprint density at radius 2 is 2.00 bits per heavy atom. The summed E-state index contributed by atoms with van der Waals surface area (Å²) >= 11 is 0. The van der Waals surface area contributed by atoms with Gasteiger partial charge in [-0.05, 0) is 30.5 Å². The van der Waals surface area contributed by atoms with Crippen molar-refractivity contribution in [2.45, 2.75) is 27.3 Å². The summed E-state index contributed by atoms with van der Waals surface area (Å²) in [5.74, 6) is 1.85. The van der Waals surface area contributed by atoms with Crippen molar-refractivity contribution < 1.29 is 4.74 Å². The molecule has 0 saturated carbocycles. The molecule has 3 N–H and O–H groups in total. The zero-order chi connectivity index (χ0) is 15.0. The third-order valence-electron chi connectivity index (χ3n) is 2.51. The predicted molar refractivity (Wildman–Crippen MR) is 84.9 cm³/mol. The van der Waals surface area contributed by atoms with Crippen molar-refractivity contribution in [3.05, 3.63) is 42.0 Å². The van der Waals surface area contributed by atoms with Crippen molar-refractivity contribution in [2.24, 2.45) is 16.6 Å². The Bertz CT molecular complexity index is 449. The van der Waals surface area contributed by atoms with Crippen LogP contribution in [-0.4, -0.2) is 19.1 Å². The summed E-state index contributed by atoms with van der Waals surface area (Å²) in [4.78, 5) is 4.27. The Morgan fingerprint density at radius 3 is 2.55 bits per heavy atom. The van der Waals surface area contributed by atoms with Gasteiger partial charge >= 0.3 is 0 Å². The SMILES string of the molecule is C=C(C)CNC(N)=NCc1ccc(OCC(C)C)cc1. The highest BCUT2D eigenvalue weighted by Crippen LogP contribution is 2.13. The summed E-state index contributed by atoms with van der Waals surface area (Å²) in [5, 5.41) is 3.00. The van der Waals surface area contributed by atoms with Crippen LogP contribution < -0.4 is 15.8 Å². The second kappa shape index (κ2) is 8.25. The lowest BCUT2D eigenvalue weighted by Gasteiger charge is -2.09. The molecular formula is C16H25N3O. The van der Waals surface area contributed by atoms with Crippen LogP contribution in [0.3, 0.4) is 0 Å². The molecule has 110 valence electrons. The zero-order valence-corrected chi connectivity index (χ0v) is 12.6. The summed E-state index contributed by atoms with van der Waals surface area (Å²) in [7, 11) is 0. The highest BCUT2D eigenvalue weighted by molar-refractivity contribution is 5.78. The number of hydrogen-bond donors (Lipinski definition) is 2. The highest BCUT2D eigenvalue weighted by atomic mass is 16.5. The average Bonchev–Trinajstić information content (AvgIpc) is 2.41. The molecular weight excluding hydrogens is 250 g/mol. The first-order valence-electron chi connectivity index (χ1n) is 6.87. The zero-order valence-electron chi connectivity index (χ0n) is 12.6. The van der Waals surface area contributed by atoms with E-state index in [1.54, 1.807) is 0 Å². The molecule has 4 heteroatoms. The van der Waals surface area contributed by atoms with Crippen LogP contribution in [-0.2, 0) is 6.54 Å². The summed E-state index contributed by atoms with van der Waals surface area (Å²) in [6.45, 7) is 11.9. The van der Waals surface area contributed by atoms with Crippen molar-refractivity contribution in [3.63, 3.8) is 0 Å². The minimum absolute atomic E-state index is 0.438. The van der Waals surface area contributed by atoms with Gasteiger partial charge in [0.05, 0.1) is 13.2 Å². The van der Waals surface area contributed by atoms with E-state index in [2.05, 4.69) is 30.7 Å². The van der Waals surface area contributed by atoms with Gasteiger partial charge < -0.3 is 15.8 Å². The van der Waals surface area contributed by atoms with E-state index in [1.165, 1.54) is 0 Å². The lowest BCUT2D eigenvalue weighted by Crippen LogP contribution is -2.32. The molecule has 1 rings (SSSR count). The molecule has 0 amide bonds. The molecule has 1 aromatic carbocycles. The quantitative estimate of drug-likeness (QED) is 0.457. The van der Waals surface area contributed by atoms with Gasteiger partial charge in [0.1, 0.15) is 5.75 Å². The van der Waals surface area contributed by atoms with Crippen LogP contribution >= 0.6 is 0 Å². The Hall–Kier alpha value is -1.97. The lowest BCUT2D eigenvalue weighted by molar-refractivity contribution is 0.271. The largest absolute Gasteiger partial charge is 0.493 e. The van der Waals surface area contributed by atoms with Crippen LogP contribution in [0.25, 0.3) is 0 Å².